The first kappa shape index (κ1) is 11.3. The highest BCUT2D eigenvalue weighted by atomic mass is 15.1. The lowest BCUT2D eigenvalue weighted by Crippen LogP contribution is -2.31. The monoisotopic (exact) mass is 220 g/mol. The average molecular weight is 220 g/mol. The first-order valence-electron chi connectivity index (χ1n) is 6.01. The van der Waals surface area contributed by atoms with E-state index in [0.717, 1.165) is 36.9 Å². The number of nitrogens with zero attached hydrogens (tertiary/aromatic N) is 2. The number of hydrogen-bond donors (Lipinski definition) is 2. The van der Waals surface area contributed by atoms with Crippen LogP contribution in [0, 0.1) is 19.8 Å². The second-order valence-electron chi connectivity index (χ2n) is 4.56. The summed E-state index contributed by atoms with van der Waals surface area (Å²) in [6, 6.07) is 0. The maximum atomic E-state index is 4.08. The van der Waals surface area contributed by atoms with Crippen molar-refractivity contribution in [1.29, 1.82) is 0 Å². The Labute approximate surface area is 96.9 Å². The van der Waals surface area contributed by atoms with Crippen molar-refractivity contribution >= 4 is 5.69 Å². The van der Waals surface area contributed by atoms with Crippen molar-refractivity contribution in [2.24, 2.45) is 5.92 Å². The lowest BCUT2D eigenvalue weighted by atomic mass is 9.98. The van der Waals surface area contributed by atoms with E-state index in [4.69, 9.17) is 0 Å². The highest BCUT2D eigenvalue weighted by molar-refractivity contribution is 5.52. The van der Waals surface area contributed by atoms with Crippen molar-refractivity contribution in [2.45, 2.75) is 26.7 Å². The van der Waals surface area contributed by atoms with Gasteiger partial charge in [-0.05, 0) is 51.3 Å². The lowest BCUT2D eigenvalue weighted by molar-refractivity contribution is 0.390. The smallest absolute Gasteiger partial charge is 0.0833 e. The summed E-state index contributed by atoms with van der Waals surface area (Å²) in [4.78, 5) is 0. The molecule has 2 heterocycles. The van der Waals surface area contributed by atoms with Gasteiger partial charge in [-0.25, -0.2) is 0 Å². The summed E-state index contributed by atoms with van der Waals surface area (Å²) >= 11 is 0. The molecule has 2 N–H and O–H groups in total. The van der Waals surface area contributed by atoms with E-state index in [1.165, 1.54) is 18.4 Å². The molecule has 1 aromatic rings. The first-order valence-corrected chi connectivity index (χ1v) is 6.01. The van der Waals surface area contributed by atoms with Gasteiger partial charge in [0.2, 0.25) is 0 Å². The Balaban J connectivity index is 1.93. The molecule has 2 rings (SSSR count). The van der Waals surface area contributed by atoms with Crippen molar-refractivity contribution in [1.82, 2.24) is 15.5 Å². The Hall–Kier alpha value is -1.16. The fourth-order valence-electron chi connectivity index (χ4n) is 2.20. The number of aryl methyl sites for hydroxylation is 2. The molecule has 0 unspecified atom stereocenters. The molecule has 0 aliphatic carbocycles. The summed E-state index contributed by atoms with van der Waals surface area (Å²) in [7, 11) is 0. The van der Waals surface area contributed by atoms with Crippen LogP contribution in [0.4, 0.5) is 5.69 Å². The number of aromatic nitrogens is 2. The number of rotatable bonds is 3. The van der Waals surface area contributed by atoms with Crippen molar-refractivity contribution in [3.63, 3.8) is 0 Å². The Morgan fingerprint density at radius 3 is 2.81 bits per heavy atom. The molecule has 0 bridgehead atoms. The summed E-state index contributed by atoms with van der Waals surface area (Å²) in [6.45, 7) is 7.43. The molecule has 0 aromatic carbocycles. The molecule has 88 valence electrons. The van der Waals surface area contributed by atoms with Crippen LogP contribution in [-0.2, 0) is 0 Å². The third kappa shape index (κ3) is 2.70. The molecule has 0 spiro atoms. The molecule has 1 aliphatic rings. The molecule has 4 nitrogen and oxygen atoms in total. The second-order valence-corrected chi connectivity index (χ2v) is 4.56. The van der Waals surface area contributed by atoms with Gasteiger partial charge in [-0.1, -0.05) is 0 Å². The Morgan fingerprint density at radius 1 is 1.38 bits per heavy atom. The minimum atomic E-state index is 0.785. The minimum Gasteiger partial charge on any atom is -0.383 e. The van der Waals surface area contributed by atoms with Gasteiger partial charge in [0.15, 0.2) is 0 Å². The van der Waals surface area contributed by atoms with Crippen molar-refractivity contribution in [2.75, 3.05) is 25.0 Å². The molecule has 1 aromatic heterocycles. The third-order valence-electron chi connectivity index (χ3n) is 3.24. The molecule has 1 saturated heterocycles. The van der Waals surface area contributed by atoms with Crippen LogP contribution in [0.3, 0.4) is 0 Å². The Morgan fingerprint density at radius 2 is 2.12 bits per heavy atom. The van der Waals surface area contributed by atoms with E-state index in [1.54, 1.807) is 0 Å². The normalized spacial score (nSPS) is 17.4. The zero-order chi connectivity index (χ0) is 11.4. The van der Waals surface area contributed by atoms with Gasteiger partial charge in [-0.3, -0.25) is 0 Å². The summed E-state index contributed by atoms with van der Waals surface area (Å²) in [6.07, 6.45) is 4.35. The van der Waals surface area contributed by atoms with Crippen LogP contribution >= 0.6 is 0 Å². The molecule has 4 heteroatoms. The van der Waals surface area contributed by atoms with Gasteiger partial charge in [0.1, 0.15) is 0 Å². The molecule has 0 saturated carbocycles. The number of piperidine rings is 1. The number of hydrogen-bond acceptors (Lipinski definition) is 4. The van der Waals surface area contributed by atoms with Crippen LogP contribution in [0.25, 0.3) is 0 Å². The largest absolute Gasteiger partial charge is 0.383 e. The van der Waals surface area contributed by atoms with Crippen LogP contribution in [0.1, 0.15) is 24.1 Å². The van der Waals surface area contributed by atoms with Gasteiger partial charge < -0.3 is 10.6 Å². The minimum absolute atomic E-state index is 0.785. The predicted molar refractivity (Wildman–Crippen MR) is 65.6 cm³/mol. The van der Waals surface area contributed by atoms with Gasteiger partial charge in [0.25, 0.3) is 0 Å². The van der Waals surface area contributed by atoms with E-state index in [9.17, 15) is 0 Å². The van der Waals surface area contributed by atoms with Crippen LogP contribution < -0.4 is 10.6 Å². The predicted octanol–water partition coefficient (Wildman–Crippen LogP) is 1.50. The topological polar surface area (TPSA) is 49.8 Å². The van der Waals surface area contributed by atoms with Crippen LogP contribution in [-0.4, -0.2) is 29.8 Å². The quantitative estimate of drug-likeness (QED) is 0.810. The molecular formula is C12H20N4. The molecule has 1 fully saturated rings. The summed E-state index contributed by atoms with van der Waals surface area (Å²) in [5.74, 6) is 0.785. The van der Waals surface area contributed by atoms with Gasteiger partial charge in [-0.15, -0.1) is 0 Å². The van der Waals surface area contributed by atoms with E-state index in [-0.39, 0.29) is 0 Å². The molecule has 0 radical (unpaired) electrons. The van der Waals surface area contributed by atoms with E-state index < -0.39 is 0 Å². The van der Waals surface area contributed by atoms with Crippen LogP contribution in [0.2, 0.25) is 0 Å². The lowest BCUT2D eigenvalue weighted by Gasteiger charge is -2.23. The SMILES string of the molecule is Cc1cnnc(C)c1NCC1CCNCC1. The van der Waals surface area contributed by atoms with E-state index in [2.05, 4.69) is 27.8 Å². The standard InChI is InChI=1S/C12H20N4/c1-9-7-15-16-10(2)12(9)14-8-11-3-5-13-6-4-11/h7,11,13H,3-6,8H2,1-2H3,(H,14,15). The van der Waals surface area contributed by atoms with E-state index in [1.807, 2.05) is 13.1 Å². The van der Waals surface area contributed by atoms with E-state index in [0.29, 0.717) is 0 Å². The van der Waals surface area contributed by atoms with Crippen LogP contribution in [0.15, 0.2) is 6.20 Å². The highest BCUT2D eigenvalue weighted by Crippen LogP contribution is 2.18. The van der Waals surface area contributed by atoms with Gasteiger partial charge in [-0.2, -0.15) is 10.2 Å². The van der Waals surface area contributed by atoms with Gasteiger partial charge in [0, 0.05) is 6.54 Å². The Kier molecular flexibility index (Phi) is 3.72. The number of anilines is 1. The average Bonchev–Trinajstić information content (AvgIpc) is 2.30. The summed E-state index contributed by atoms with van der Waals surface area (Å²) < 4.78 is 0. The van der Waals surface area contributed by atoms with Crippen molar-refractivity contribution in [3.05, 3.63) is 17.5 Å². The second kappa shape index (κ2) is 5.25. The number of nitrogens with one attached hydrogen (secondary N) is 2. The molecule has 0 atom stereocenters. The van der Waals surface area contributed by atoms with Crippen molar-refractivity contribution < 1.29 is 0 Å². The van der Waals surface area contributed by atoms with Gasteiger partial charge in [0.05, 0.1) is 17.6 Å². The fourth-order valence-corrected chi connectivity index (χ4v) is 2.20. The fraction of sp³-hybridized carbons (Fsp3) is 0.667. The van der Waals surface area contributed by atoms with Gasteiger partial charge >= 0.3 is 0 Å². The Bertz CT molecular complexity index is 325. The van der Waals surface area contributed by atoms with E-state index >= 15 is 0 Å². The van der Waals surface area contributed by atoms with Crippen LogP contribution in [0.5, 0.6) is 0 Å². The summed E-state index contributed by atoms with van der Waals surface area (Å²) in [5, 5.41) is 14.9. The maximum Gasteiger partial charge on any atom is 0.0833 e. The zero-order valence-electron chi connectivity index (χ0n) is 10.1. The molecular weight excluding hydrogens is 200 g/mol. The first-order chi connectivity index (χ1) is 7.77. The zero-order valence-corrected chi connectivity index (χ0v) is 10.1. The maximum absolute atomic E-state index is 4.08. The molecule has 16 heavy (non-hydrogen) atoms. The third-order valence-corrected chi connectivity index (χ3v) is 3.24. The van der Waals surface area contributed by atoms with Crippen molar-refractivity contribution in [3.8, 4) is 0 Å². The highest BCUT2D eigenvalue weighted by Gasteiger charge is 2.13. The molecule has 0 amide bonds. The summed E-state index contributed by atoms with van der Waals surface area (Å²) in [5.41, 5.74) is 3.34. The molecule has 1 aliphatic heterocycles.